The Hall–Kier alpha value is -2.51. The predicted molar refractivity (Wildman–Crippen MR) is 66.1 cm³/mol. The van der Waals surface area contributed by atoms with Crippen LogP contribution in [0.2, 0.25) is 0 Å². The normalized spacial score (nSPS) is 15.3. The molecule has 3 N–H and O–H groups in total. The smallest absolute Gasteiger partial charge is 0.220 e. The van der Waals surface area contributed by atoms with Gasteiger partial charge in [-0.2, -0.15) is 0 Å². The minimum absolute atomic E-state index is 0.123. The Morgan fingerprint density at radius 2 is 2.11 bits per heavy atom. The molecule has 0 aromatic carbocycles. The van der Waals surface area contributed by atoms with Gasteiger partial charge < -0.3 is 10.9 Å². The van der Waals surface area contributed by atoms with E-state index in [9.17, 15) is 0 Å². The molecule has 8 nitrogen and oxygen atoms in total. The molecule has 3 rings (SSSR count). The second-order valence-corrected chi connectivity index (χ2v) is 4.33. The lowest BCUT2D eigenvalue weighted by Gasteiger charge is -2.16. The Kier molecular flexibility index (Phi) is 2.82. The fourth-order valence-corrected chi connectivity index (χ4v) is 2.23. The number of fused-ring (bicyclic) bond motifs is 1. The van der Waals surface area contributed by atoms with E-state index in [1.165, 1.54) is 12.7 Å². The van der Waals surface area contributed by atoms with E-state index in [4.69, 9.17) is 10.9 Å². The van der Waals surface area contributed by atoms with E-state index in [0.717, 1.165) is 36.9 Å². The zero-order chi connectivity index (χ0) is 13.2. The maximum atomic E-state index is 8.61. The number of oxime groups is 1. The van der Waals surface area contributed by atoms with E-state index >= 15 is 0 Å². The van der Waals surface area contributed by atoms with Crippen molar-refractivity contribution in [3.8, 4) is 5.82 Å². The highest BCUT2D eigenvalue weighted by Gasteiger charge is 2.18. The number of hydrogen-bond acceptors (Lipinski definition) is 6. The van der Waals surface area contributed by atoms with Crippen LogP contribution in [0.15, 0.2) is 17.8 Å². The molecule has 0 amide bonds. The molecule has 2 heterocycles. The first-order valence-electron chi connectivity index (χ1n) is 6.02. The van der Waals surface area contributed by atoms with E-state index in [2.05, 4.69) is 25.2 Å². The molecule has 1 aliphatic rings. The first-order valence-corrected chi connectivity index (χ1v) is 6.02. The quantitative estimate of drug-likeness (QED) is 0.340. The van der Waals surface area contributed by atoms with Crippen molar-refractivity contribution in [2.75, 3.05) is 0 Å². The molecular weight excluding hydrogens is 246 g/mol. The van der Waals surface area contributed by atoms with Gasteiger partial charge in [-0.05, 0) is 25.7 Å². The van der Waals surface area contributed by atoms with Crippen LogP contribution in [0.3, 0.4) is 0 Å². The topological polar surface area (TPSA) is 115 Å². The predicted octanol–water partition coefficient (Wildman–Crippen LogP) is 0.0306. The van der Waals surface area contributed by atoms with Crippen LogP contribution in [0.5, 0.6) is 0 Å². The summed E-state index contributed by atoms with van der Waals surface area (Å²) >= 11 is 0. The molecule has 0 radical (unpaired) electrons. The molecule has 0 saturated heterocycles. The van der Waals surface area contributed by atoms with Crippen LogP contribution in [0.25, 0.3) is 5.82 Å². The number of aryl methyl sites for hydroxylation is 1. The molecular formula is C11H13N7O. The standard InChI is InChI=1S/C11H13N7O/c12-9(17-19)10-15-6-18(16-10)11-7-3-1-2-4-8(7)13-5-14-11/h5-6,19H,1-4H2,(H2,12,17). The van der Waals surface area contributed by atoms with Gasteiger partial charge in [0, 0.05) is 11.3 Å². The van der Waals surface area contributed by atoms with Crippen molar-refractivity contribution in [1.29, 1.82) is 0 Å². The summed E-state index contributed by atoms with van der Waals surface area (Å²) in [4.78, 5) is 12.6. The van der Waals surface area contributed by atoms with Crippen molar-refractivity contribution in [3.63, 3.8) is 0 Å². The molecule has 0 spiro atoms. The highest BCUT2D eigenvalue weighted by molar-refractivity contribution is 5.93. The van der Waals surface area contributed by atoms with Gasteiger partial charge in [0.25, 0.3) is 0 Å². The summed E-state index contributed by atoms with van der Waals surface area (Å²) < 4.78 is 1.54. The van der Waals surface area contributed by atoms with Crippen LogP contribution in [0.1, 0.15) is 29.9 Å². The molecule has 0 saturated carbocycles. The van der Waals surface area contributed by atoms with Crippen LogP contribution in [0.4, 0.5) is 0 Å². The van der Waals surface area contributed by atoms with E-state index in [1.807, 2.05) is 0 Å². The lowest BCUT2D eigenvalue weighted by atomic mass is 9.96. The zero-order valence-corrected chi connectivity index (χ0v) is 10.2. The molecule has 8 heteroatoms. The number of nitrogens with two attached hydrogens (primary N) is 1. The Morgan fingerprint density at radius 1 is 1.26 bits per heavy atom. The molecule has 1 aliphatic carbocycles. The fraction of sp³-hybridized carbons (Fsp3) is 0.364. The van der Waals surface area contributed by atoms with Crippen LogP contribution in [0, 0.1) is 0 Å². The van der Waals surface area contributed by atoms with Gasteiger partial charge in [-0.25, -0.2) is 19.6 Å². The fourth-order valence-electron chi connectivity index (χ4n) is 2.23. The highest BCUT2D eigenvalue weighted by atomic mass is 16.4. The molecule has 0 bridgehead atoms. The van der Waals surface area contributed by atoms with E-state index in [-0.39, 0.29) is 11.7 Å². The van der Waals surface area contributed by atoms with Crippen LogP contribution >= 0.6 is 0 Å². The summed E-state index contributed by atoms with van der Waals surface area (Å²) in [7, 11) is 0. The summed E-state index contributed by atoms with van der Waals surface area (Å²) in [6.45, 7) is 0. The molecule has 98 valence electrons. The van der Waals surface area contributed by atoms with Gasteiger partial charge in [0.05, 0.1) is 0 Å². The van der Waals surface area contributed by atoms with Crippen molar-refractivity contribution in [1.82, 2.24) is 24.7 Å². The first kappa shape index (κ1) is 11.6. The zero-order valence-electron chi connectivity index (χ0n) is 10.2. The van der Waals surface area contributed by atoms with E-state index in [1.54, 1.807) is 4.68 Å². The Morgan fingerprint density at radius 3 is 2.95 bits per heavy atom. The SMILES string of the molecule is NC(=NO)c1ncn(-c2ncnc3c2CCCC3)n1. The van der Waals surface area contributed by atoms with Crippen molar-refractivity contribution in [2.24, 2.45) is 10.9 Å². The Bertz CT molecular complexity index is 634. The van der Waals surface area contributed by atoms with Gasteiger partial charge in [-0.15, -0.1) is 5.10 Å². The largest absolute Gasteiger partial charge is 0.409 e. The number of aromatic nitrogens is 5. The Balaban J connectivity index is 2.05. The highest BCUT2D eigenvalue weighted by Crippen LogP contribution is 2.22. The van der Waals surface area contributed by atoms with Crippen molar-refractivity contribution in [2.45, 2.75) is 25.7 Å². The van der Waals surface area contributed by atoms with Gasteiger partial charge in [0.1, 0.15) is 12.7 Å². The average molecular weight is 259 g/mol. The molecule has 2 aromatic rings. The van der Waals surface area contributed by atoms with Crippen LogP contribution in [-0.4, -0.2) is 35.8 Å². The second kappa shape index (κ2) is 4.63. The van der Waals surface area contributed by atoms with Crippen LogP contribution in [-0.2, 0) is 12.8 Å². The number of amidine groups is 1. The van der Waals surface area contributed by atoms with Crippen LogP contribution < -0.4 is 5.73 Å². The molecule has 2 aromatic heterocycles. The van der Waals surface area contributed by atoms with Gasteiger partial charge >= 0.3 is 0 Å². The molecule has 0 atom stereocenters. The summed E-state index contributed by atoms with van der Waals surface area (Å²) in [5.74, 6) is 0.765. The summed E-state index contributed by atoms with van der Waals surface area (Å²) in [6.07, 6.45) is 7.21. The third kappa shape index (κ3) is 2.01. The van der Waals surface area contributed by atoms with Gasteiger partial charge in [-0.3, -0.25) is 0 Å². The number of rotatable bonds is 2. The minimum atomic E-state index is -0.123. The third-order valence-electron chi connectivity index (χ3n) is 3.15. The first-order chi connectivity index (χ1) is 9.29. The average Bonchev–Trinajstić information content (AvgIpc) is 2.95. The molecule has 19 heavy (non-hydrogen) atoms. The van der Waals surface area contributed by atoms with Gasteiger partial charge in [-0.1, -0.05) is 5.16 Å². The maximum Gasteiger partial charge on any atom is 0.220 e. The third-order valence-corrected chi connectivity index (χ3v) is 3.15. The molecule has 0 aliphatic heterocycles. The lowest BCUT2D eigenvalue weighted by Crippen LogP contribution is -2.16. The van der Waals surface area contributed by atoms with Crippen molar-refractivity contribution < 1.29 is 5.21 Å². The summed E-state index contributed by atoms with van der Waals surface area (Å²) in [6, 6.07) is 0. The van der Waals surface area contributed by atoms with Gasteiger partial charge in [0.2, 0.25) is 11.7 Å². The van der Waals surface area contributed by atoms with E-state index < -0.39 is 0 Å². The van der Waals surface area contributed by atoms with Crippen molar-refractivity contribution >= 4 is 5.84 Å². The Labute approximate surface area is 109 Å². The van der Waals surface area contributed by atoms with Crippen molar-refractivity contribution in [3.05, 3.63) is 29.7 Å². The number of nitrogens with zero attached hydrogens (tertiary/aromatic N) is 6. The van der Waals surface area contributed by atoms with Gasteiger partial charge in [0.15, 0.2) is 5.82 Å². The van der Waals surface area contributed by atoms with E-state index in [0.29, 0.717) is 5.82 Å². The monoisotopic (exact) mass is 259 g/mol. The second-order valence-electron chi connectivity index (χ2n) is 4.33. The summed E-state index contributed by atoms with van der Waals surface area (Å²) in [5, 5.41) is 15.6. The maximum absolute atomic E-state index is 8.61. The minimum Gasteiger partial charge on any atom is -0.409 e. The lowest BCUT2D eigenvalue weighted by molar-refractivity contribution is 0.318. The molecule has 0 unspecified atom stereocenters. The number of hydrogen-bond donors (Lipinski definition) is 2. The molecule has 0 fully saturated rings. The summed E-state index contributed by atoms with van der Waals surface area (Å²) in [5.41, 5.74) is 7.62.